The number of hydrogen-bond acceptors (Lipinski definition) is 8. The van der Waals surface area contributed by atoms with Crippen LogP contribution in [0.1, 0.15) is 22.2 Å². The second kappa shape index (κ2) is 8.19. The summed E-state index contributed by atoms with van der Waals surface area (Å²) in [4.78, 5) is 27.4. The first-order chi connectivity index (χ1) is 15.0. The van der Waals surface area contributed by atoms with Gasteiger partial charge >= 0.3 is 5.91 Å². The number of carbonyl (C=O) groups excluding carboxylic acids is 2. The Balaban J connectivity index is 1.96. The molecule has 0 spiro atoms. The summed E-state index contributed by atoms with van der Waals surface area (Å²) in [6, 6.07) is 12.8. The van der Waals surface area contributed by atoms with Crippen molar-refractivity contribution < 1.29 is 24.2 Å². The van der Waals surface area contributed by atoms with Crippen LogP contribution in [0.15, 0.2) is 54.1 Å². The molecule has 1 aliphatic rings. The van der Waals surface area contributed by atoms with Crippen molar-refractivity contribution in [2.24, 2.45) is 0 Å². The average molecular weight is 437 g/mol. The third-order valence-corrected chi connectivity index (χ3v) is 5.77. The van der Waals surface area contributed by atoms with Gasteiger partial charge in [0.2, 0.25) is 5.13 Å². The van der Waals surface area contributed by atoms with Crippen LogP contribution < -0.4 is 14.4 Å². The van der Waals surface area contributed by atoms with Gasteiger partial charge in [-0.3, -0.25) is 14.5 Å². The Morgan fingerprint density at radius 3 is 2.35 bits per heavy atom. The highest BCUT2D eigenvalue weighted by atomic mass is 32.1. The molecule has 1 N–H and O–H groups in total. The average Bonchev–Trinajstić information content (AvgIpc) is 3.34. The van der Waals surface area contributed by atoms with Crippen LogP contribution in [0.4, 0.5) is 5.13 Å². The second-order valence-electron chi connectivity index (χ2n) is 6.75. The van der Waals surface area contributed by atoms with Gasteiger partial charge in [-0.25, -0.2) is 0 Å². The number of amides is 1. The molecule has 1 saturated heterocycles. The lowest BCUT2D eigenvalue weighted by Crippen LogP contribution is -2.29. The van der Waals surface area contributed by atoms with Crippen molar-refractivity contribution in [3.05, 3.63) is 70.2 Å². The van der Waals surface area contributed by atoms with E-state index in [4.69, 9.17) is 9.47 Å². The number of aliphatic hydroxyl groups is 1. The van der Waals surface area contributed by atoms with Gasteiger partial charge in [0, 0.05) is 5.56 Å². The minimum Gasteiger partial charge on any atom is -0.507 e. The fraction of sp³-hybridized carbons (Fsp3) is 0.182. The molecule has 0 bridgehead atoms. The zero-order valence-electron chi connectivity index (χ0n) is 17.0. The molecule has 0 saturated carbocycles. The van der Waals surface area contributed by atoms with Crippen LogP contribution in [0.3, 0.4) is 0 Å². The van der Waals surface area contributed by atoms with E-state index >= 15 is 0 Å². The van der Waals surface area contributed by atoms with Crippen LogP contribution in [0.25, 0.3) is 5.76 Å². The number of Topliss-reactive ketones (excluding diaryl/α,β-unsaturated/α-hetero) is 1. The number of aliphatic hydroxyl groups excluding tert-OH is 1. The van der Waals surface area contributed by atoms with E-state index in [1.165, 1.54) is 30.5 Å². The zero-order chi connectivity index (χ0) is 22.1. The van der Waals surface area contributed by atoms with Crippen molar-refractivity contribution in [1.29, 1.82) is 0 Å². The van der Waals surface area contributed by atoms with Crippen molar-refractivity contribution in [3.63, 3.8) is 0 Å². The lowest BCUT2D eigenvalue weighted by atomic mass is 9.95. The normalized spacial score (nSPS) is 17.8. The topological polar surface area (TPSA) is 102 Å². The molecule has 1 aliphatic heterocycles. The molecule has 1 aromatic heterocycles. The predicted octanol–water partition coefficient (Wildman–Crippen LogP) is 3.49. The Morgan fingerprint density at radius 1 is 1.03 bits per heavy atom. The molecule has 158 valence electrons. The molecule has 1 amide bonds. The van der Waals surface area contributed by atoms with Gasteiger partial charge in [-0.2, -0.15) is 0 Å². The van der Waals surface area contributed by atoms with Crippen LogP contribution in [0, 0.1) is 6.92 Å². The summed E-state index contributed by atoms with van der Waals surface area (Å²) in [7, 11) is 3.01. The van der Waals surface area contributed by atoms with Crippen LogP contribution in [-0.2, 0) is 9.59 Å². The molecular formula is C22H19N3O5S. The number of anilines is 1. The maximum Gasteiger partial charge on any atom is 0.301 e. The number of benzene rings is 2. The molecule has 0 aliphatic carbocycles. The molecule has 1 atom stereocenters. The number of ketones is 1. The smallest absolute Gasteiger partial charge is 0.301 e. The van der Waals surface area contributed by atoms with Gasteiger partial charge in [-0.1, -0.05) is 47.7 Å². The van der Waals surface area contributed by atoms with Crippen LogP contribution >= 0.6 is 11.3 Å². The summed E-state index contributed by atoms with van der Waals surface area (Å²) >= 11 is 1.19. The molecule has 4 rings (SSSR count). The highest BCUT2D eigenvalue weighted by Gasteiger charge is 2.48. The van der Waals surface area contributed by atoms with E-state index in [1.807, 2.05) is 0 Å². The molecule has 0 radical (unpaired) electrons. The van der Waals surface area contributed by atoms with E-state index < -0.39 is 17.7 Å². The highest BCUT2D eigenvalue weighted by Crippen LogP contribution is 2.44. The second-order valence-corrected chi connectivity index (χ2v) is 7.91. The minimum absolute atomic E-state index is 0.0312. The molecular weight excluding hydrogens is 418 g/mol. The summed E-state index contributed by atoms with van der Waals surface area (Å²) in [5.41, 5.74) is 0.956. The van der Waals surface area contributed by atoms with E-state index in [0.29, 0.717) is 27.6 Å². The van der Waals surface area contributed by atoms with Gasteiger partial charge in [-0.05, 0) is 24.6 Å². The fourth-order valence-electron chi connectivity index (χ4n) is 3.50. The molecule has 1 fully saturated rings. The summed E-state index contributed by atoms with van der Waals surface area (Å²) in [6.45, 7) is 1.76. The number of ether oxygens (including phenoxy) is 2. The Morgan fingerprint density at radius 2 is 1.74 bits per heavy atom. The van der Waals surface area contributed by atoms with Gasteiger partial charge in [0.25, 0.3) is 5.78 Å². The number of aromatic nitrogens is 2. The van der Waals surface area contributed by atoms with E-state index in [-0.39, 0.29) is 16.5 Å². The van der Waals surface area contributed by atoms with Crippen molar-refractivity contribution in [2.75, 3.05) is 19.1 Å². The number of carbonyl (C=O) groups is 2. The first-order valence-electron chi connectivity index (χ1n) is 9.34. The SMILES string of the molecule is COc1ccc([C@@H]2C(=C(O)c3ccccc3)C(=O)C(=O)N2c2nnc(C)s2)cc1OC. The minimum atomic E-state index is -0.910. The third kappa shape index (κ3) is 3.53. The molecule has 0 unspecified atom stereocenters. The Labute approximate surface area is 182 Å². The van der Waals surface area contributed by atoms with Crippen LogP contribution in [0.5, 0.6) is 11.5 Å². The first-order valence-corrected chi connectivity index (χ1v) is 10.2. The number of nitrogens with zero attached hydrogens (tertiary/aromatic N) is 3. The molecule has 3 aromatic rings. The van der Waals surface area contributed by atoms with Gasteiger partial charge in [-0.15, -0.1) is 10.2 Å². The van der Waals surface area contributed by atoms with Gasteiger partial charge < -0.3 is 14.6 Å². The Hall–Kier alpha value is -3.72. The maximum atomic E-state index is 13.1. The molecule has 31 heavy (non-hydrogen) atoms. The largest absolute Gasteiger partial charge is 0.507 e. The molecule has 9 heteroatoms. The monoisotopic (exact) mass is 437 g/mol. The first kappa shape index (κ1) is 20.5. The van der Waals surface area contributed by atoms with E-state index in [9.17, 15) is 14.7 Å². The number of hydrogen-bond donors (Lipinski definition) is 1. The summed E-state index contributed by atoms with van der Waals surface area (Å²) in [6.07, 6.45) is 0. The van der Waals surface area contributed by atoms with Gasteiger partial charge in [0.15, 0.2) is 11.5 Å². The number of rotatable bonds is 5. The fourth-order valence-corrected chi connectivity index (χ4v) is 4.22. The van der Waals surface area contributed by atoms with Crippen molar-refractivity contribution in [1.82, 2.24) is 10.2 Å². The Kier molecular flexibility index (Phi) is 5.43. The summed E-state index contributed by atoms with van der Waals surface area (Å²) in [5, 5.41) is 20.0. The predicted molar refractivity (Wildman–Crippen MR) is 115 cm³/mol. The molecule has 2 aromatic carbocycles. The number of methoxy groups -OCH3 is 2. The van der Waals surface area contributed by atoms with E-state index in [2.05, 4.69) is 10.2 Å². The molecule has 8 nitrogen and oxygen atoms in total. The Bertz CT molecular complexity index is 1190. The van der Waals surface area contributed by atoms with E-state index in [0.717, 1.165) is 0 Å². The van der Waals surface area contributed by atoms with Gasteiger partial charge in [0.1, 0.15) is 10.8 Å². The van der Waals surface area contributed by atoms with E-state index in [1.54, 1.807) is 55.5 Å². The van der Waals surface area contributed by atoms with Crippen molar-refractivity contribution in [2.45, 2.75) is 13.0 Å². The van der Waals surface area contributed by atoms with Crippen LogP contribution in [0.2, 0.25) is 0 Å². The maximum absolute atomic E-state index is 13.1. The lowest BCUT2D eigenvalue weighted by molar-refractivity contribution is -0.132. The van der Waals surface area contributed by atoms with Gasteiger partial charge in [0.05, 0.1) is 25.8 Å². The molecule has 2 heterocycles. The standard InChI is InChI=1S/C22H19N3O5S/c1-12-23-24-22(31-12)25-18(14-9-10-15(29-2)16(11-14)30-3)17(20(27)21(25)28)19(26)13-7-5-4-6-8-13/h4-11,18,26H,1-3H3/t18-/m1/s1. The zero-order valence-corrected chi connectivity index (χ0v) is 17.8. The van der Waals surface area contributed by atoms with Crippen LogP contribution in [-0.4, -0.2) is 41.2 Å². The van der Waals surface area contributed by atoms with Crippen molar-refractivity contribution >= 4 is 33.9 Å². The highest BCUT2D eigenvalue weighted by molar-refractivity contribution is 7.15. The van der Waals surface area contributed by atoms with Crippen molar-refractivity contribution in [3.8, 4) is 11.5 Å². The summed E-state index contributed by atoms with van der Waals surface area (Å²) < 4.78 is 10.7. The third-order valence-electron chi connectivity index (χ3n) is 4.94. The summed E-state index contributed by atoms with van der Waals surface area (Å²) in [5.74, 6) is -0.915. The lowest BCUT2D eigenvalue weighted by Gasteiger charge is -2.23. The number of aryl methyl sites for hydroxylation is 1. The quantitative estimate of drug-likeness (QED) is 0.370.